The van der Waals surface area contributed by atoms with Crippen LogP contribution in [0.3, 0.4) is 0 Å². The lowest BCUT2D eigenvalue weighted by Crippen LogP contribution is -2.24. The Morgan fingerprint density at radius 2 is 1.88 bits per heavy atom. The second-order valence-electron chi connectivity index (χ2n) is 3.90. The molecule has 1 atom stereocenters. The van der Waals surface area contributed by atoms with Crippen molar-refractivity contribution in [2.24, 2.45) is 0 Å². The van der Waals surface area contributed by atoms with Crippen molar-refractivity contribution in [1.82, 2.24) is 0 Å². The van der Waals surface area contributed by atoms with Gasteiger partial charge in [-0.2, -0.15) is 0 Å². The van der Waals surface area contributed by atoms with Gasteiger partial charge in [-0.15, -0.1) is 0 Å². The average Bonchev–Trinajstić information content (AvgIpc) is 2.40. The Morgan fingerprint density at radius 3 is 2.47 bits per heavy atom. The molecule has 0 spiro atoms. The first-order chi connectivity index (χ1) is 8.31. The Labute approximate surface area is 103 Å². The first-order valence-electron chi connectivity index (χ1n) is 5.60. The first-order valence-corrected chi connectivity index (χ1v) is 6.81. The minimum absolute atomic E-state index is 0.189. The Bertz CT molecular complexity index is 399. The predicted octanol–water partition coefficient (Wildman–Crippen LogP) is 1.54. The number of carbonyl (C=O) groups is 1. The summed E-state index contributed by atoms with van der Waals surface area (Å²) in [5.74, 6) is 0. The average molecular weight is 253 g/mol. The Morgan fingerprint density at radius 1 is 1.24 bits per heavy atom. The fraction of sp³-hybridized carbons (Fsp3) is 0.417. The Balaban J connectivity index is 2.05. The van der Waals surface area contributed by atoms with Crippen molar-refractivity contribution in [3.05, 3.63) is 24.3 Å². The van der Waals surface area contributed by atoms with Gasteiger partial charge in [-0.1, -0.05) is 0 Å². The van der Waals surface area contributed by atoms with Gasteiger partial charge in [-0.05, 0) is 37.1 Å². The minimum atomic E-state index is -0.978. The first kappa shape index (κ1) is 12.3. The summed E-state index contributed by atoms with van der Waals surface area (Å²) >= 11 is 0. The van der Waals surface area contributed by atoms with Crippen molar-refractivity contribution in [1.29, 1.82) is 0 Å². The Hall–Kier alpha value is -1.20. The molecule has 1 aliphatic rings. The van der Waals surface area contributed by atoms with Crippen molar-refractivity contribution in [3.63, 3.8) is 0 Å². The predicted molar refractivity (Wildman–Crippen MR) is 66.4 cm³/mol. The summed E-state index contributed by atoms with van der Waals surface area (Å²) in [7, 11) is -0.978. The van der Waals surface area contributed by atoms with Crippen LogP contribution in [0.15, 0.2) is 29.2 Å². The molecule has 17 heavy (non-hydrogen) atoms. The summed E-state index contributed by atoms with van der Waals surface area (Å²) in [6.07, 6.45) is 2.33. The highest BCUT2D eigenvalue weighted by atomic mass is 32.2. The van der Waals surface area contributed by atoms with E-state index in [-0.39, 0.29) is 5.25 Å². The smallest absolute Gasteiger partial charge is 0.211 e. The number of hydrogen-bond acceptors (Lipinski definition) is 3. The summed E-state index contributed by atoms with van der Waals surface area (Å²) in [5.41, 5.74) is 0.715. The molecular weight excluding hydrogens is 238 g/mol. The van der Waals surface area contributed by atoms with Crippen molar-refractivity contribution in [3.8, 4) is 0 Å². The van der Waals surface area contributed by atoms with Crippen LogP contribution in [0, 0.1) is 0 Å². The van der Waals surface area contributed by atoms with E-state index in [0.29, 0.717) is 25.3 Å². The fourth-order valence-electron chi connectivity index (χ4n) is 1.84. The van der Waals surface area contributed by atoms with E-state index in [0.717, 1.165) is 17.7 Å². The number of carbonyl (C=O) groups excluding carboxylic acids is 1. The zero-order valence-electron chi connectivity index (χ0n) is 9.43. The number of amides is 1. The summed E-state index contributed by atoms with van der Waals surface area (Å²) in [4.78, 5) is 11.1. The van der Waals surface area contributed by atoms with Gasteiger partial charge < -0.3 is 10.1 Å². The minimum Gasteiger partial charge on any atom is -0.381 e. The van der Waals surface area contributed by atoms with Crippen molar-refractivity contribution in [2.45, 2.75) is 23.0 Å². The highest BCUT2D eigenvalue weighted by Crippen LogP contribution is 2.21. The second-order valence-corrected chi connectivity index (χ2v) is 5.63. The fourth-order valence-corrected chi connectivity index (χ4v) is 3.25. The summed E-state index contributed by atoms with van der Waals surface area (Å²) in [6, 6.07) is 7.14. The van der Waals surface area contributed by atoms with E-state index in [4.69, 9.17) is 4.74 Å². The second kappa shape index (κ2) is 5.93. The molecule has 0 aromatic heterocycles. The largest absolute Gasteiger partial charge is 0.381 e. The van der Waals surface area contributed by atoms with Gasteiger partial charge in [0.05, 0.1) is 10.8 Å². The van der Waals surface area contributed by atoms with Gasteiger partial charge >= 0.3 is 0 Å². The normalized spacial score (nSPS) is 18.6. The van der Waals surface area contributed by atoms with Crippen LogP contribution in [0.1, 0.15) is 12.8 Å². The standard InChI is InChI=1S/C12H15NO3S/c14-9-13-10-1-3-11(4-2-10)17(15)12-5-7-16-8-6-12/h1-4,9,12H,5-8H2,(H,13,14). The van der Waals surface area contributed by atoms with Gasteiger partial charge in [0.2, 0.25) is 6.41 Å². The van der Waals surface area contributed by atoms with E-state index in [9.17, 15) is 9.00 Å². The molecule has 1 saturated heterocycles. The SMILES string of the molecule is O=CNc1ccc(S(=O)C2CCOCC2)cc1. The molecule has 1 fully saturated rings. The molecule has 2 rings (SSSR count). The van der Waals surface area contributed by atoms with E-state index in [1.54, 1.807) is 24.3 Å². The van der Waals surface area contributed by atoms with Crippen molar-refractivity contribution >= 4 is 22.9 Å². The van der Waals surface area contributed by atoms with Crippen LogP contribution < -0.4 is 5.32 Å². The van der Waals surface area contributed by atoms with Gasteiger partial charge in [0.25, 0.3) is 0 Å². The number of hydrogen-bond donors (Lipinski definition) is 1. The lowest BCUT2D eigenvalue weighted by atomic mass is 10.2. The van der Waals surface area contributed by atoms with Crippen molar-refractivity contribution < 1.29 is 13.7 Å². The third-order valence-electron chi connectivity index (χ3n) is 2.78. The maximum atomic E-state index is 12.2. The van der Waals surface area contributed by atoms with Crippen LogP contribution >= 0.6 is 0 Å². The van der Waals surface area contributed by atoms with Crippen molar-refractivity contribution in [2.75, 3.05) is 18.5 Å². The summed E-state index contributed by atoms with van der Waals surface area (Å²) in [6.45, 7) is 1.39. The third kappa shape index (κ3) is 3.14. The summed E-state index contributed by atoms with van der Waals surface area (Å²) < 4.78 is 17.5. The molecule has 1 aromatic carbocycles. The number of anilines is 1. The van der Waals surface area contributed by atoms with Crippen LogP contribution in [-0.4, -0.2) is 29.1 Å². The third-order valence-corrected chi connectivity index (χ3v) is 4.60. The molecule has 0 saturated carbocycles. The maximum absolute atomic E-state index is 12.2. The van der Waals surface area contributed by atoms with E-state index < -0.39 is 10.8 Å². The number of ether oxygens (including phenoxy) is 1. The molecule has 1 aromatic rings. The quantitative estimate of drug-likeness (QED) is 0.828. The highest BCUT2D eigenvalue weighted by Gasteiger charge is 2.21. The maximum Gasteiger partial charge on any atom is 0.211 e. The monoisotopic (exact) mass is 253 g/mol. The molecule has 1 N–H and O–H groups in total. The number of benzene rings is 1. The zero-order chi connectivity index (χ0) is 12.1. The van der Waals surface area contributed by atoms with E-state index in [1.165, 1.54) is 0 Å². The Kier molecular flexibility index (Phi) is 4.28. The van der Waals surface area contributed by atoms with Crippen LogP contribution in [0.2, 0.25) is 0 Å². The molecule has 4 nitrogen and oxygen atoms in total. The van der Waals surface area contributed by atoms with Crippen LogP contribution in [0.4, 0.5) is 5.69 Å². The van der Waals surface area contributed by atoms with Crippen LogP contribution in [0.25, 0.3) is 0 Å². The van der Waals surface area contributed by atoms with Gasteiger partial charge in [-0.3, -0.25) is 9.00 Å². The number of nitrogens with one attached hydrogen (secondary N) is 1. The molecule has 0 aliphatic carbocycles. The van der Waals surface area contributed by atoms with Gasteiger partial charge in [0.1, 0.15) is 0 Å². The van der Waals surface area contributed by atoms with Gasteiger partial charge in [-0.25, -0.2) is 0 Å². The van der Waals surface area contributed by atoms with Crippen LogP contribution in [0.5, 0.6) is 0 Å². The highest BCUT2D eigenvalue weighted by molar-refractivity contribution is 7.85. The molecule has 1 heterocycles. The zero-order valence-corrected chi connectivity index (χ0v) is 10.2. The molecule has 92 valence electrons. The van der Waals surface area contributed by atoms with E-state index >= 15 is 0 Å². The molecule has 1 aliphatic heterocycles. The molecule has 1 amide bonds. The van der Waals surface area contributed by atoms with Gasteiger partial charge in [0.15, 0.2) is 0 Å². The topological polar surface area (TPSA) is 55.4 Å². The van der Waals surface area contributed by atoms with E-state index in [2.05, 4.69) is 5.32 Å². The molecule has 0 bridgehead atoms. The van der Waals surface area contributed by atoms with Crippen LogP contribution in [-0.2, 0) is 20.3 Å². The lowest BCUT2D eigenvalue weighted by molar-refractivity contribution is -0.105. The molecular formula is C12H15NO3S. The number of rotatable bonds is 4. The molecule has 1 unspecified atom stereocenters. The molecule has 0 radical (unpaired) electrons. The molecule has 5 heteroatoms. The van der Waals surface area contributed by atoms with Gasteiger partial charge in [0, 0.05) is 29.0 Å². The van der Waals surface area contributed by atoms with E-state index in [1.807, 2.05) is 0 Å². The lowest BCUT2D eigenvalue weighted by Gasteiger charge is -2.21. The summed E-state index contributed by atoms with van der Waals surface area (Å²) in [5, 5.41) is 2.74.